The zero-order chi connectivity index (χ0) is 12.1. The zero-order valence-electron chi connectivity index (χ0n) is 8.14. The highest BCUT2D eigenvalue weighted by molar-refractivity contribution is 9.10. The van der Waals surface area contributed by atoms with Crippen LogP contribution in [0.2, 0.25) is 0 Å². The second-order valence-corrected chi connectivity index (χ2v) is 3.88. The van der Waals surface area contributed by atoms with E-state index in [-0.39, 0.29) is 12.2 Å². The van der Waals surface area contributed by atoms with Gasteiger partial charge in [-0.25, -0.2) is 0 Å². The molecule has 86 valence electrons. The van der Waals surface area contributed by atoms with Crippen molar-refractivity contribution in [3.8, 4) is 0 Å². The van der Waals surface area contributed by atoms with Gasteiger partial charge >= 0.3 is 5.97 Å². The number of hydrogen-bond acceptors (Lipinski definition) is 4. The number of nitrogens with one attached hydrogen (secondary N) is 1. The van der Waals surface area contributed by atoms with Gasteiger partial charge in [-0.3, -0.25) is 14.9 Å². The van der Waals surface area contributed by atoms with Gasteiger partial charge in [-0.2, -0.15) is 0 Å². The fraction of sp³-hybridized carbons (Fsp3) is 0.222. The smallest absolute Gasteiger partial charge is 0.317 e. The minimum Gasteiger partial charge on any atom is -0.480 e. The van der Waals surface area contributed by atoms with Gasteiger partial charge in [0.25, 0.3) is 5.69 Å². The molecule has 0 radical (unpaired) electrons. The average Bonchev–Trinajstić information content (AvgIpc) is 2.19. The van der Waals surface area contributed by atoms with Gasteiger partial charge < -0.3 is 10.4 Å². The van der Waals surface area contributed by atoms with Gasteiger partial charge in [-0.1, -0.05) is 15.9 Å². The van der Waals surface area contributed by atoms with Gasteiger partial charge in [0.2, 0.25) is 0 Å². The predicted molar refractivity (Wildman–Crippen MR) is 60.1 cm³/mol. The number of nitro groups is 1. The number of benzene rings is 1. The molecule has 0 atom stereocenters. The normalized spacial score (nSPS) is 10.1. The van der Waals surface area contributed by atoms with Gasteiger partial charge in [0.15, 0.2) is 0 Å². The summed E-state index contributed by atoms with van der Waals surface area (Å²) >= 11 is 3.19. The van der Waals surface area contributed by atoms with Gasteiger partial charge in [0.1, 0.15) is 0 Å². The van der Waals surface area contributed by atoms with Gasteiger partial charge in [0.05, 0.1) is 11.5 Å². The second kappa shape index (κ2) is 5.57. The first-order chi connectivity index (χ1) is 7.50. The van der Waals surface area contributed by atoms with Crippen LogP contribution in [0.5, 0.6) is 0 Å². The van der Waals surface area contributed by atoms with Crippen LogP contribution in [0.25, 0.3) is 0 Å². The third-order valence-corrected chi connectivity index (χ3v) is 2.58. The molecule has 0 aliphatic heterocycles. The summed E-state index contributed by atoms with van der Waals surface area (Å²) in [4.78, 5) is 20.2. The molecule has 0 bridgehead atoms. The van der Waals surface area contributed by atoms with Crippen molar-refractivity contribution in [3.05, 3.63) is 38.3 Å². The molecule has 0 saturated carbocycles. The number of nitro benzene ring substituents is 1. The second-order valence-electron chi connectivity index (χ2n) is 3.03. The van der Waals surface area contributed by atoms with Crippen LogP contribution >= 0.6 is 15.9 Å². The van der Waals surface area contributed by atoms with Crippen molar-refractivity contribution < 1.29 is 14.8 Å². The number of non-ortho nitro benzene ring substituents is 1. The Hall–Kier alpha value is -1.47. The molecule has 2 N–H and O–H groups in total. The third-order valence-electron chi connectivity index (χ3n) is 1.84. The number of aliphatic carboxylic acids is 1. The molecular formula is C9H9BrN2O4. The maximum atomic E-state index is 10.5. The van der Waals surface area contributed by atoms with Crippen molar-refractivity contribution in [1.82, 2.24) is 5.32 Å². The number of carbonyl (C=O) groups is 1. The Labute approximate surface area is 99.6 Å². The lowest BCUT2D eigenvalue weighted by Gasteiger charge is -2.04. The van der Waals surface area contributed by atoms with Crippen LogP contribution < -0.4 is 5.32 Å². The standard InChI is InChI=1S/C9H9BrN2O4/c10-8-3-7(12(15)16)2-1-6(8)4-11-5-9(13)14/h1-3,11H,4-5H2,(H,13,14). The lowest BCUT2D eigenvalue weighted by molar-refractivity contribution is -0.384. The minimum absolute atomic E-state index is 0.00569. The van der Waals surface area contributed by atoms with Crippen LogP contribution in [-0.2, 0) is 11.3 Å². The summed E-state index contributed by atoms with van der Waals surface area (Å²) < 4.78 is 0.583. The van der Waals surface area contributed by atoms with Crippen LogP contribution in [0, 0.1) is 10.1 Å². The first-order valence-corrected chi connectivity index (χ1v) is 5.15. The lowest BCUT2D eigenvalue weighted by atomic mass is 10.2. The van der Waals surface area contributed by atoms with Crippen LogP contribution in [0.3, 0.4) is 0 Å². The SMILES string of the molecule is O=C(O)CNCc1ccc([N+](=O)[O-])cc1Br. The molecule has 0 spiro atoms. The Bertz CT molecular complexity index is 422. The molecular weight excluding hydrogens is 280 g/mol. The van der Waals surface area contributed by atoms with E-state index in [1.165, 1.54) is 12.1 Å². The Morgan fingerprint density at radius 1 is 1.56 bits per heavy atom. The summed E-state index contributed by atoms with van der Waals surface area (Å²) in [6, 6.07) is 4.34. The van der Waals surface area contributed by atoms with Crippen LogP contribution in [0.15, 0.2) is 22.7 Å². The average molecular weight is 289 g/mol. The fourth-order valence-corrected chi connectivity index (χ4v) is 1.60. The first kappa shape index (κ1) is 12.6. The van der Waals surface area contributed by atoms with Crippen molar-refractivity contribution >= 4 is 27.6 Å². The minimum atomic E-state index is -0.946. The Morgan fingerprint density at radius 2 is 2.25 bits per heavy atom. The molecule has 7 heteroatoms. The predicted octanol–water partition coefficient (Wildman–Crippen LogP) is 1.53. The third kappa shape index (κ3) is 3.59. The largest absolute Gasteiger partial charge is 0.480 e. The summed E-state index contributed by atoms with van der Waals surface area (Å²) in [5, 5.41) is 21.6. The highest BCUT2D eigenvalue weighted by Crippen LogP contribution is 2.22. The highest BCUT2D eigenvalue weighted by Gasteiger charge is 2.08. The lowest BCUT2D eigenvalue weighted by Crippen LogP contribution is -2.22. The van der Waals surface area contributed by atoms with Gasteiger partial charge in [-0.15, -0.1) is 0 Å². The van der Waals surface area contributed by atoms with E-state index in [9.17, 15) is 14.9 Å². The monoisotopic (exact) mass is 288 g/mol. The van der Waals surface area contributed by atoms with Crippen molar-refractivity contribution in [2.75, 3.05) is 6.54 Å². The number of nitrogens with zero attached hydrogens (tertiary/aromatic N) is 1. The Morgan fingerprint density at radius 3 is 2.75 bits per heavy atom. The molecule has 0 aliphatic rings. The number of carboxylic acid groups (broad SMARTS) is 1. The van der Waals surface area contributed by atoms with E-state index < -0.39 is 10.9 Å². The van der Waals surface area contributed by atoms with Crippen molar-refractivity contribution in [2.45, 2.75) is 6.54 Å². The molecule has 1 rings (SSSR count). The molecule has 1 aromatic carbocycles. The van der Waals surface area contributed by atoms with Crippen molar-refractivity contribution in [1.29, 1.82) is 0 Å². The van der Waals surface area contributed by atoms with E-state index in [1.807, 2.05) is 0 Å². The van der Waals surface area contributed by atoms with E-state index in [1.54, 1.807) is 6.07 Å². The molecule has 6 nitrogen and oxygen atoms in total. The Balaban J connectivity index is 2.68. The quantitative estimate of drug-likeness (QED) is 0.633. The highest BCUT2D eigenvalue weighted by atomic mass is 79.9. The maximum Gasteiger partial charge on any atom is 0.317 e. The molecule has 0 fully saturated rings. The Kier molecular flexibility index (Phi) is 4.39. The first-order valence-electron chi connectivity index (χ1n) is 4.36. The molecule has 0 amide bonds. The van der Waals surface area contributed by atoms with Crippen LogP contribution in [0.4, 0.5) is 5.69 Å². The number of rotatable bonds is 5. The number of hydrogen-bond donors (Lipinski definition) is 2. The number of carboxylic acids is 1. The molecule has 0 saturated heterocycles. The molecule has 0 aliphatic carbocycles. The molecule has 1 aromatic rings. The van der Waals surface area contributed by atoms with Gasteiger partial charge in [-0.05, 0) is 11.6 Å². The van der Waals surface area contributed by atoms with E-state index in [2.05, 4.69) is 21.2 Å². The van der Waals surface area contributed by atoms with E-state index in [4.69, 9.17) is 5.11 Å². The molecule has 0 aromatic heterocycles. The van der Waals surface area contributed by atoms with Gasteiger partial charge in [0, 0.05) is 23.2 Å². The topological polar surface area (TPSA) is 92.5 Å². The van der Waals surface area contributed by atoms with E-state index in [0.717, 1.165) is 5.56 Å². The zero-order valence-corrected chi connectivity index (χ0v) is 9.73. The summed E-state index contributed by atoms with van der Waals surface area (Å²) in [5.74, 6) is -0.946. The number of halogens is 1. The van der Waals surface area contributed by atoms with E-state index >= 15 is 0 Å². The fourth-order valence-electron chi connectivity index (χ4n) is 1.10. The molecule has 16 heavy (non-hydrogen) atoms. The molecule has 0 unspecified atom stereocenters. The van der Waals surface area contributed by atoms with Crippen molar-refractivity contribution in [3.63, 3.8) is 0 Å². The maximum absolute atomic E-state index is 10.5. The summed E-state index contributed by atoms with van der Waals surface area (Å²) in [6.45, 7) is 0.189. The van der Waals surface area contributed by atoms with E-state index in [0.29, 0.717) is 11.0 Å². The van der Waals surface area contributed by atoms with Crippen LogP contribution in [-0.4, -0.2) is 22.5 Å². The summed E-state index contributed by atoms with van der Waals surface area (Å²) in [5.41, 5.74) is 0.765. The summed E-state index contributed by atoms with van der Waals surface area (Å²) in [7, 11) is 0. The molecule has 0 heterocycles. The van der Waals surface area contributed by atoms with Crippen molar-refractivity contribution in [2.24, 2.45) is 0 Å². The van der Waals surface area contributed by atoms with Crippen LogP contribution in [0.1, 0.15) is 5.56 Å². The summed E-state index contributed by atoms with van der Waals surface area (Å²) in [6.07, 6.45) is 0.